The van der Waals surface area contributed by atoms with E-state index in [9.17, 15) is 14.0 Å². The van der Waals surface area contributed by atoms with Gasteiger partial charge in [-0.15, -0.1) is 0 Å². The molecule has 0 radical (unpaired) electrons. The van der Waals surface area contributed by atoms with Gasteiger partial charge in [-0.1, -0.05) is 0 Å². The van der Waals surface area contributed by atoms with Gasteiger partial charge < -0.3 is 15.2 Å². The molecule has 0 fully saturated rings. The van der Waals surface area contributed by atoms with Gasteiger partial charge in [0.1, 0.15) is 11.4 Å². The van der Waals surface area contributed by atoms with Crippen molar-refractivity contribution in [3.63, 3.8) is 0 Å². The van der Waals surface area contributed by atoms with Gasteiger partial charge in [-0.2, -0.15) is 5.10 Å². The van der Waals surface area contributed by atoms with E-state index in [0.717, 1.165) is 0 Å². The minimum atomic E-state index is -0.614. The number of benzene rings is 1. The number of aryl methyl sites for hydroxylation is 1. The molecule has 1 heterocycles. The fraction of sp³-hybridized carbons (Fsp3) is 0.353. The van der Waals surface area contributed by atoms with Crippen LogP contribution in [0.15, 0.2) is 24.4 Å². The summed E-state index contributed by atoms with van der Waals surface area (Å²) in [7, 11) is 0. The molecule has 0 saturated carbocycles. The normalized spacial score (nSPS) is 10.6. The highest BCUT2D eigenvalue weighted by Crippen LogP contribution is 2.25. The molecule has 0 aliphatic rings. The zero-order valence-electron chi connectivity index (χ0n) is 14.1. The van der Waals surface area contributed by atoms with E-state index < -0.39 is 11.8 Å². The molecule has 0 aliphatic heterocycles. The summed E-state index contributed by atoms with van der Waals surface area (Å²) in [6, 6.07) is 4.12. The molecule has 1 aromatic carbocycles. The fourth-order valence-corrected chi connectivity index (χ4v) is 2.41. The summed E-state index contributed by atoms with van der Waals surface area (Å²) in [4.78, 5) is 23.6. The van der Waals surface area contributed by atoms with E-state index in [1.165, 1.54) is 36.0 Å². The maximum atomic E-state index is 13.6. The number of hydrogen-bond donors (Lipinski definition) is 2. The molecule has 1 amide bonds. The minimum absolute atomic E-state index is 0.0400. The molecular formula is C17H20FN3O4. The van der Waals surface area contributed by atoms with Crippen molar-refractivity contribution >= 4 is 17.7 Å². The first-order valence-electron chi connectivity index (χ1n) is 7.90. The lowest BCUT2D eigenvalue weighted by atomic mass is 10.1. The lowest BCUT2D eigenvalue weighted by Crippen LogP contribution is -2.16. The third-order valence-electron chi connectivity index (χ3n) is 3.43. The first-order chi connectivity index (χ1) is 12.0. The van der Waals surface area contributed by atoms with Crippen molar-refractivity contribution in [2.75, 3.05) is 18.5 Å². The molecule has 2 N–H and O–H groups in total. The van der Waals surface area contributed by atoms with Crippen molar-refractivity contribution in [3.8, 4) is 5.69 Å². The number of aromatic nitrogens is 2. The summed E-state index contributed by atoms with van der Waals surface area (Å²) >= 11 is 0. The van der Waals surface area contributed by atoms with Gasteiger partial charge in [0.2, 0.25) is 5.91 Å². The van der Waals surface area contributed by atoms with Gasteiger partial charge >= 0.3 is 5.97 Å². The number of ether oxygens (including phenoxy) is 1. The second kappa shape index (κ2) is 8.39. The molecule has 0 atom stereocenters. The summed E-state index contributed by atoms with van der Waals surface area (Å²) in [6.45, 7) is 3.13. The molecule has 25 heavy (non-hydrogen) atoms. The van der Waals surface area contributed by atoms with Crippen molar-refractivity contribution in [2.24, 2.45) is 0 Å². The van der Waals surface area contributed by atoms with Crippen LogP contribution in [-0.2, 0) is 16.0 Å². The Balaban J connectivity index is 2.55. The molecule has 0 saturated heterocycles. The molecule has 0 unspecified atom stereocenters. The predicted molar refractivity (Wildman–Crippen MR) is 89.2 cm³/mol. The van der Waals surface area contributed by atoms with Gasteiger partial charge in [0.25, 0.3) is 0 Å². The molecule has 134 valence electrons. The van der Waals surface area contributed by atoms with Crippen molar-refractivity contribution in [1.29, 1.82) is 0 Å². The van der Waals surface area contributed by atoms with Gasteiger partial charge in [-0.3, -0.25) is 4.79 Å². The number of nitrogens with zero attached hydrogens (tertiary/aromatic N) is 2. The van der Waals surface area contributed by atoms with Crippen molar-refractivity contribution in [1.82, 2.24) is 9.78 Å². The number of carbonyl (C=O) groups excluding carboxylic acids is 2. The number of carbonyl (C=O) groups is 2. The maximum Gasteiger partial charge on any atom is 0.343 e. The van der Waals surface area contributed by atoms with E-state index in [1.54, 1.807) is 6.92 Å². The summed E-state index contributed by atoms with van der Waals surface area (Å²) in [5, 5.41) is 15.8. The van der Waals surface area contributed by atoms with E-state index in [2.05, 4.69) is 10.4 Å². The second-order valence-corrected chi connectivity index (χ2v) is 5.32. The Hall–Kier alpha value is -2.74. The van der Waals surface area contributed by atoms with E-state index >= 15 is 0 Å². The molecule has 0 spiro atoms. The van der Waals surface area contributed by atoms with Crippen molar-refractivity contribution in [3.05, 3.63) is 41.3 Å². The number of esters is 1. The maximum absolute atomic E-state index is 13.6. The quantitative estimate of drug-likeness (QED) is 0.747. The third-order valence-corrected chi connectivity index (χ3v) is 3.43. The average molecular weight is 349 g/mol. The number of aliphatic hydroxyl groups is 1. The highest BCUT2D eigenvalue weighted by Gasteiger charge is 2.22. The molecule has 0 aliphatic carbocycles. The van der Waals surface area contributed by atoms with Gasteiger partial charge in [-0.05, 0) is 43.5 Å². The molecule has 1 aromatic heterocycles. The zero-order valence-corrected chi connectivity index (χ0v) is 14.1. The second-order valence-electron chi connectivity index (χ2n) is 5.32. The largest absolute Gasteiger partial charge is 0.462 e. The van der Waals surface area contributed by atoms with E-state index in [4.69, 9.17) is 9.84 Å². The Kier molecular flexibility index (Phi) is 6.24. The van der Waals surface area contributed by atoms with Crippen LogP contribution in [0.3, 0.4) is 0 Å². The number of anilines is 1. The number of aliphatic hydroxyl groups excluding tert-OH is 1. The van der Waals surface area contributed by atoms with Gasteiger partial charge in [0.05, 0.1) is 18.5 Å². The topological polar surface area (TPSA) is 93.4 Å². The van der Waals surface area contributed by atoms with Crippen LogP contribution in [0.5, 0.6) is 0 Å². The third kappa shape index (κ3) is 4.42. The molecule has 2 aromatic rings. The first kappa shape index (κ1) is 18.6. The van der Waals surface area contributed by atoms with Gasteiger partial charge in [-0.25, -0.2) is 13.9 Å². The average Bonchev–Trinajstić information content (AvgIpc) is 2.96. The van der Waals surface area contributed by atoms with Crippen LogP contribution in [0.4, 0.5) is 10.2 Å². The standard InChI is InChI=1S/C17H20FN3O4/c1-3-25-17(24)14-10-19-21(16(14)20-11(2)23)15-7-6-13(18)9-12(15)5-4-8-22/h6-7,9-10,22H,3-5,8H2,1-2H3,(H,20,23). The molecule has 2 rings (SSSR count). The van der Waals surface area contributed by atoms with Crippen molar-refractivity contribution < 1.29 is 23.8 Å². The first-order valence-corrected chi connectivity index (χ1v) is 7.90. The molecule has 7 nitrogen and oxygen atoms in total. The monoisotopic (exact) mass is 349 g/mol. The summed E-state index contributed by atoms with van der Waals surface area (Å²) in [6.07, 6.45) is 2.15. The number of hydrogen-bond acceptors (Lipinski definition) is 5. The van der Waals surface area contributed by atoms with Crippen LogP contribution in [0, 0.1) is 5.82 Å². The Morgan fingerprint density at radius 3 is 2.80 bits per heavy atom. The smallest absolute Gasteiger partial charge is 0.343 e. The highest BCUT2D eigenvalue weighted by atomic mass is 19.1. The number of rotatable bonds is 7. The Morgan fingerprint density at radius 2 is 2.16 bits per heavy atom. The number of nitrogens with one attached hydrogen (secondary N) is 1. The van der Waals surface area contributed by atoms with Crippen LogP contribution in [-0.4, -0.2) is 40.0 Å². The Bertz CT molecular complexity index is 773. The van der Waals surface area contributed by atoms with Gasteiger partial charge in [0.15, 0.2) is 5.82 Å². The lowest BCUT2D eigenvalue weighted by molar-refractivity contribution is -0.114. The van der Waals surface area contributed by atoms with E-state index in [-0.39, 0.29) is 30.5 Å². The van der Waals surface area contributed by atoms with Crippen LogP contribution < -0.4 is 5.32 Å². The summed E-state index contributed by atoms with van der Waals surface area (Å²) in [5.41, 5.74) is 1.21. The van der Waals surface area contributed by atoms with Crippen molar-refractivity contribution in [2.45, 2.75) is 26.7 Å². The van der Waals surface area contributed by atoms with E-state index in [1.807, 2.05) is 0 Å². The fourth-order valence-electron chi connectivity index (χ4n) is 2.41. The number of halogens is 1. The van der Waals surface area contributed by atoms with Gasteiger partial charge in [0, 0.05) is 13.5 Å². The van der Waals surface area contributed by atoms with Crippen LogP contribution in [0.1, 0.15) is 36.2 Å². The van der Waals surface area contributed by atoms with Crippen LogP contribution in [0.2, 0.25) is 0 Å². The highest BCUT2D eigenvalue weighted by molar-refractivity contribution is 5.99. The van der Waals surface area contributed by atoms with E-state index in [0.29, 0.717) is 24.1 Å². The zero-order chi connectivity index (χ0) is 18.4. The minimum Gasteiger partial charge on any atom is -0.462 e. The molecular weight excluding hydrogens is 329 g/mol. The Labute approximate surface area is 144 Å². The van der Waals surface area contributed by atoms with Crippen LogP contribution >= 0.6 is 0 Å². The lowest BCUT2D eigenvalue weighted by Gasteiger charge is -2.13. The summed E-state index contributed by atoms with van der Waals surface area (Å²) in [5.74, 6) is -1.26. The Morgan fingerprint density at radius 1 is 1.40 bits per heavy atom. The summed E-state index contributed by atoms with van der Waals surface area (Å²) < 4.78 is 19.9. The predicted octanol–water partition coefficient (Wildman–Crippen LogP) is 2.07. The SMILES string of the molecule is CCOC(=O)c1cnn(-c2ccc(F)cc2CCCO)c1NC(C)=O. The molecule has 8 heteroatoms. The van der Waals surface area contributed by atoms with Crippen LogP contribution in [0.25, 0.3) is 5.69 Å². The number of amides is 1. The molecule has 0 bridgehead atoms.